The Morgan fingerprint density at radius 2 is 1.85 bits per heavy atom. The van der Waals surface area contributed by atoms with Gasteiger partial charge in [0.25, 0.3) is 0 Å². The van der Waals surface area contributed by atoms with Gasteiger partial charge in [0.15, 0.2) is 5.75 Å². The maximum Gasteiger partial charge on any atom is 0.311 e. The lowest BCUT2D eigenvalue weighted by atomic mass is 10.2. The molecule has 0 amide bonds. The summed E-state index contributed by atoms with van der Waals surface area (Å²) in [6.07, 6.45) is 3.44. The van der Waals surface area contributed by atoms with Crippen LogP contribution in [-0.2, 0) is 9.53 Å². The highest BCUT2D eigenvalue weighted by molar-refractivity contribution is 9.10. The molecule has 1 aromatic heterocycles. The van der Waals surface area contributed by atoms with Crippen molar-refractivity contribution in [3.05, 3.63) is 57.3 Å². The van der Waals surface area contributed by atoms with Crippen LogP contribution < -0.4 is 10.1 Å². The number of hydrogen-bond acceptors (Lipinski definition) is 10. The molecule has 2 aromatic carbocycles. The standard InChI is InChI=1S/C27H33BrN6O5/c1-2-38-26(35)8-4-9-32-11-13-33(14-12-32)10-5-15-39-25-18-23-22(17-24(25)34(36)37)27(30-19-29-23)31-21-7-3-6-20(28)16-21/h3,6-7,16-19H,2,4-5,8-15H2,1H3,(H,29,30,31). The number of nitro benzene ring substituents is 1. The van der Waals surface area contributed by atoms with Crippen molar-refractivity contribution in [3.63, 3.8) is 0 Å². The van der Waals surface area contributed by atoms with Crippen molar-refractivity contribution in [1.29, 1.82) is 0 Å². The largest absolute Gasteiger partial charge is 0.487 e. The summed E-state index contributed by atoms with van der Waals surface area (Å²) in [5.74, 6) is 0.548. The van der Waals surface area contributed by atoms with Gasteiger partial charge in [0, 0.05) is 61.4 Å². The SMILES string of the molecule is CCOC(=O)CCCN1CCN(CCCOc2cc3ncnc(Nc4cccc(Br)c4)c3cc2[N+](=O)[O-])CC1. The number of hydrogen-bond donors (Lipinski definition) is 1. The van der Waals surface area contributed by atoms with Gasteiger partial charge in [0.2, 0.25) is 0 Å². The third kappa shape index (κ3) is 8.32. The van der Waals surface area contributed by atoms with Gasteiger partial charge in [-0.2, -0.15) is 0 Å². The van der Waals surface area contributed by atoms with Crippen molar-refractivity contribution in [2.75, 3.05) is 57.8 Å². The van der Waals surface area contributed by atoms with Crippen LogP contribution in [0.2, 0.25) is 0 Å². The zero-order valence-electron chi connectivity index (χ0n) is 22.0. The van der Waals surface area contributed by atoms with Crippen LogP contribution in [0.3, 0.4) is 0 Å². The molecule has 0 unspecified atom stereocenters. The molecule has 1 saturated heterocycles. The zero-order chi connectivity index (χ0) is 27.6. The number of fused-ring (bicyclic) bond motifs is 1. The maximum atomic E-state index is 11.9. The number of carbonyl (C=O) groups is 1. The number of nitrogens with zero attached hydrogens (tertiary/aromatic N) is 5. The van der Waals surface area contributed by atoms with Gasteiger partial charge in [0.05, 0.1) is 29.0 Å². The van der Waals surface area contributed by atoms with Crippen molar-refractivity contribution in [2.45, 2.75) is 26.2 Å². The molecule has 39 heavy (non-hydrogen) atoms. The Morgan fingerprint density at radius 3 is 2.54 bits per heavy atom. The van der Waals surface area contributed by atoms with Gasteiger partial charge >= 0.3 is 11.7 Å². The van der Waals surface area contributed by atoms with Crippen LogP contribution in [0.15, 0.2) is 47.2 Å². The predicted octanol–water partition coefficient (Wildman–Crippen LogP) is 4.77. The van der Waals surface area contributed by atoms with E-state index in [1.54, 1.807) is 6.07 Å². The van der Waals surface area contributed by atoms with Gasteiger partial charge in [-0.05, 0) is 44.5 Å². The molecule has 0 aliphatic carbocycles. The number of ether oxygens (including phenoxy) is 2. The molecule has 1 aliphatic rings. The first-order valence-electron chi connectivity index (χ1n) is 13.1. The number of aromatic nitrogens is 2. The van der Waals surface area contributed by atoms with Gasteiger partial charge in [-0.3, -0.25) is 14.9 Å². The number of rotatable bonds is 13. The monoisotopic (exact) mass is 600 g/mol. The van der Waals surface area contributed by atoms with E-state index in [0.29, 0.717) is 36.4 Å². The smallest absolute Gasteiger partial charge is 0.311 e. The van der Waals surface area contributed by atoms with Crippen LogP contribution in [0.5, 0.6) is 5.75 Å². The molecule has 208 valence electrons. The number of esters is 1. The van der Waals surface area contributed by atoms with E-state index in [2.05, 4.69) is 41.0 Å². The number of nitrogens with one attached hydrogen (secondary N) is 1. The van der Waals surface area contributed by atoms with Crippen LogP contribution >= 0.6 is 15.9 Å². The fourth-order valence-electron chi connectivity index (χ4n) is 4.52. The van der Waals surface area contributed by atoms with E-state index < -0.39 is 4.92 Å². The molecule has 1 N–H and O–H groups in total. The molecule has 1 fully saturated rings. The summed E-state index contributed by atoms with van der Waals surface area (Å²) < 4.78 is 11.8. The van der Waals surface area contributed by atoms with E-state index in [4.69, 9.17) is 9.47 Å². The molecule has 0 bridgehead atoms. The summed E-state index contributed by atoms with van der Waals surface area (Å²) >= 11 is 3.44. The summed E-state index contributed by atoms with van der Waals surface area (Å²) in [6.45, 7) is 8.15. The third-order valence-corrected chi connectivity index (χ3v) is 7.00. The third-order valence-electron chi connectivity index (χ3n) is 6.50. The average molecular weight is 602 g/mol. The summed E-state index contributed by atoms with van der Waals surface area (Å²) in [4.78, 5) is 36.2. The van der Waals surface area contributed by atoms with E-state index >= 15 is 0 Å². The average Bonchev–Trinajstić information content (AvgIpc) is 2.92. The fraction of sp³-hybridized carbons (Fsp3) is 0.444. The molecule has 1 aliphatic heterocycles. The van der Waals surface area contributed by atoms with Gasteiger partial charge in [0.1, 0.15) is 12.1 Å². The van der Waals surface area contributed by atoms with Crippen molar-refractivity contribution in [1.82, 2.24) is 19.8 Å². The minimum atomic E-state index is -0.439. The molecular weight excluding hydrogens is 568 g/mol. The first-order chi connectivity index (χ1) is 18.9. The highest BCUT2D eigenvalue weighted by Crippen LogP contribution is 2.35. The number of piperazine rings is 1. The van der Waals surface area contributed by atoms with Crippen LogP contribution in [0, 0.1) is 10.1 Å². The number of carbonyl (C=O) groups excluding carboxylic acids is 1. The lowest BCUT2D eigenvalue weighted by molar-refractivity contribution is -0.385. The van der Waals surface area contributed by atoms with Gasteiger partial charge < -0.3 is 24.6 Å². The second-order valence-corrected chi connectivity index (χ2v) is 10.2. The number of benzene rings is 2. The summed E-state index contributed by atoms with van der Waals surface area (Å²) in [6, 6.07) is 10.7. The first kappa shape index (κ1) is 28.7. The first-order valence-corrected chi connectivity index (χ1v) is 13.9. The second kappa shape index (κ2) is 14.2. The molecule has 4 rings (SSSR count). The molecule has 12 heteroatoms. The lowest BCUT2D eigenvalue weighted by Gasteiger charge is -2.34. The molecule has 3 aromatic rings. The fourth-order valence-corrected chi connectivity index (χ4v) is 4.92. The van der Waals surface area contributed by atoms with E-state index in [-0.39, 0.29) is 17.4 Å². The lowest BCUT2D eigenvalue weighted by Crippen LogP contribution is -2.47. The second-order valence-electron chi connectivity index (χ2n) is 9.25. The van der Waals surface area contributed by atoms with Crippen LogP contribution in [-0.4, -0.2) is 83.1 Å². The van der Waals surface area contributed by atoms with Crippen molar-refractivity contribution in [2.24, 2.45) is 0 Å². The minimum absolute atomic E-state index is 0.119. The van der Waals surface area contributed by atoms with Gasteiger partial charge in [-0.25, -0.2) is 9.97 Å². The molecule has 11 nitrogen and oxygen atoms in total. The molecular formula is C27H33BrN6O5. The van der Waals surface area contributed by atoms with Crippen LogP contribution in [0.4, 0.5) is 17.2 Å². The Kier molecular flexibility index (Phi) is 10.4. The van der Waals surface area contributed by atoms with E-state index in [1.807, 2.05) is 31.2 Å². The maximum absolute atomic E-state index is 11.9. The Hall–Kier alpha value is -3.35. The van der Waals surface area contributed by atoms with Crippen LogP contribution in [0.1, 0.15) is 26.2 Å². The molecule has 0 radical (unpaired) electrons. The molecule has 0 saturated carbocycles. The van der Waals surface area contributed by atoms with Crippen molar-refractivity contribution >= 4 is 50.0 Å². The Morgan fingerprint density at radius 1 is 1.10 bits per heavy atom. The summed E-state index contributed by atoms with van der Waals surface area (Å²) in [7, 11) is 0. The van der Waals surface area contributed by atoms with E-state index in [1.165, 1.54) is 12.4 Å². The van der Waals surface area contributed by atoms with E-state index in [0.717, 1.165) is 62.3 Å². The number of anilines is 2. The van der Waals surface area contributed by atoms with Crippen LogP contribution in [0.25, 0.3) is 10.9 Å². The molecule has 0 atom stereocenters. The number of halogens is 1. The summed E-state index contributed by atoms with van der Waals surface area (Å²) in [5, 5.41) is 15.6. The molecule has 2 heterocycles. The highest BCUT2D eigenvalue weighted by Gasteiger charge is 2.20. The topological polar surface area (TPSA) is 123 Å². The summed E-state index contributed by atoms with van der Waals surface area (Å²) in [5.41, 5.74) is 1.23. The van der Waals surface area contributed by atoms with E-state index in [9.17, 15) is 14.9 Å². The zero-order valence-corrected chi connectivity index (χ0v) is 23.6. The van der Waals surface area contributed by atoms with Gasteiger partial charge in [-0.15, -0.1) is 0 Å². The Bertz CT molecular complexity index is 1280. The minimum Gasteiger partial charge on any atom is -0.487 e. The molecule has 0 spiro atoms. The van der Waals surface area contributed by atoms with Crippen molar-refractivity contribution in [3.8, 4) is 5.75 Å². The van der Waals surface area contributed by atoms with Crippen molar-refractivity contribution < 1.29 is 19.2 Å². The number of nitro groups is 1. The quantitative estimate of drug-likeness (QED) is 0.127. The normalized spacial score (nSPS) is 14.3. The van der Waals surface area contributed by atoms with Gasteiger partial charge in [-0.1, -0.05) is 22.0 Å². The highest BCUT2D eigenvalue weighted by atomic mass is 79.9. The Balaban J connectivity index is 1.29. The Labute approximate surface area is 235 Å². The predicted molar refractivity (Wildman–Crippen MR) is 152 cm³/mol.